The molecule has 0 aromatic heterocycles. The molecule has 0 aliphatic heterocycles. The van der Waals surface area contributed by atoms with E-state index in [0.29, 0.717) is 18.2 Å². The molecule has 0 spiro atoms. The second-order valence-corrected chi connectivity index (χ2v) is 5.95. The van der Waals surface area contributed by atoms with E-state index in [4.69, 9.17) is 5.11 Å². The smallest absolute Gasteiger partial charge is 0.316 e. The Morgan fingerprint density at radius 1 is 1.35 bits per heavy atom. The third-order valence-electron chi connectivity index (χ3n) is 3.02. The number of aliphatic carboxylic acids is 1. The van der Waals surface area contributed by atoms with Crippen LogP contribution in [0.25, 0.3) is 0 Å². The van der Waals surface area contributed by atoms with E-state index in [-0.39, 0.29) is 5.91 Å². The van der Waals surface area contributed by atoms with E-state index >= 15 is 0 Å². The van der Waals surface area contributed by atoms with Gasteiger partial charge in [0.1, 0.15) is 0 Å². The van der Waals surface area contributed by atoms with Gasteiger partial charge >= 0.3 is 5.97 Å². The number of rotatable bonds is 6. The van der Waals surface area contributed by atoms with Crippen LogP contribution < -0.4 is 5.32 Å². The summed E-state index contributed by atoms with van der Waals surface area (Å²) in [6.45, 7) is 1.64. The van der Waals surface area contributed by atoms with Crippen molar-refractivity contribution >= 4 is 23.6 Å². The van der Waals surface area contributed by atoms with E-state index in [1.807, 2.05) is 0 Å². The fourth-order valence-corrected chi connectivity index (χ4v) is 2.75. The molecule has 1 aliphatic carbocycles. The van der Waals surface area contributed by atoms with Crippen molar-refractivity contribution < 1.29 is 14.7 Å². The number of thioether (sulfide) groups is 1. The van der Waals surface area contributed by atoms with Gasteiger partial charge in [-0.1, -0.05) is 19.3 Å². The van der Waals surface area contributed by atoms with Crippen LogP contribution in [0.5, 0.6) is 0 Å². The number of carbonyl (C=O) groups is 2. The Hall–Kier alpha value is -0.710. The zero-order valence-electron chi connectivity index (χ0n) is 10.3. The lowest BCUT2D eigenvalue weighted by Crippen LogP contribution is -2.36. The fraction of sp³-hybridized carbons (Fsp3) is 0.833. The fourth-order valence-electron chi connectivity index (χ4n) is 1.95. The molecule has 1 fully saturated rings. The van der Waals surface area contributed by atoms with Gasteiger partial charge in [0.15, 0.2) is 0 Å². The summed E-state index contributed by atoms with van der Waals surface area (Å²) in [5.74, 6) is -0.184. The zero-order valence-corrected chi connectivity index (χ0v) is 11.1. The molecule has 2 N–H and O–H groups in total. The van der Waals surface area contributed by atoms with Crippen molar-refractivity contribution in [3.63, 3.8) is 0 Å². The minimum absolute atomic E-state index is 0.0574. The maximum atomic E-state index is 11.6. The number of hydrogen-bond acceptors (Lipinski definition) is 3. The first-order valence-electron chi connectivity index (χ1n) is 6.23. The van der Waals surface area contributed by atoms with Crippen molar-refractivity contribution in [2.75, 3.05) is 5.75 Å². The first-order chi connectivity index (χ1) is 8.09. The Morgan fingerprint density at radius 3 is 2.59 bits per heavy atom. The van der Waals surface area contributed by atoms with Gasteiger partial charge in [-0.25, -0.2) is 0 Å². The molecule has 1 rings (SSSR count). The molecule has 5 heteroatoms. The minimum Gasteiger partial charge on any atom is -0.480 e. The number of carboxylic acids is 1. The third kappa shape index (κ3) is 5.96. The summed E-state index contributed by atoms with van der Waals surface area (Å²) >= 11 is 1.31. The first kappa shape index (κ1) is 14.4. The molecule has 0 saturated heterocycles. The van der Waals surface area contributed by atoms with E-state index in [2.05, 4.69) is 5.32 Å². The quantitative estimate of drug-likeness (QED) is 0.766. The second kappa shape index (κ2) is 7.58. The molecule has 17 heavy (non-hydrogen) atoms. The van der Waals surface area contributed by atoms with Crippen molar-refractivity contribution in [1.29, 1.82) is 0 Å². The van der Waals surface area contributed by atoms with Crippen LogP contribution in [0.3, 0.4) is 0 Å². The maximum Gasteiger partial charge on any atom is 0.316 e. The van der Waals surface area contributed by atoms with E-state index < -0.39 is 11.2 Å². The highest BCUT2D eigenvalue weighted by atomic mass is 32.2. The lowest BCUT2D eigenvalue weighted by molar-refractivity contribution is -0.136. The second-order valence-electron chi connectivity index (χ2n) is 4.50. The third-order valence-corrected chi connectivity index (χ3v) is 4.16. The Balaban J connectivity index is 2.10. The van der Waals surface area contributed by atoms with Gasteiger partial charge in [-0.2, -0.15) is 0 Å². The van der Waals surface area contributed by atoms with Gasteiger partial charge < -0.3 is 10.4 Å². The van der Waals surface area contributed by atoms with Gasteiger partial charge in [0.25, 0.3) is 0 Å². The predicted molar refractivity (Wildman–Crippen MR) is 69.2 cm³/mol. The Kier molecular flexibility index (Phi) is 6.40. The van der Waals surface area contributed by atoms with Crippen molar-refractivity contribution in [3.05, 3.63) is 0 Å². The molecule has 0 aromatic carbocycles. The lowest BCUT2D eigenvalue weighted by Gasteiger charge is -2.22. The van der Waals surface area contributed by atoms with Crippen LogP contribution in [0.1, 0.15) is 45.4 Å². The van der Waals surface area contributed by atoms with Crippen molar-refractivity contribution in [1.82, 2.24) is 5.32 Å². The molecule has 0 aromatic rings. The summed E-state index contributed by atoms with van der Waals surface area (Å²) in [7, 11) is 0. The first-order valence-corrected chi connectivity index (χ1v) is 7.28. The molecule has 0 bridgehead atoms. The van der Waals surface area contributed by atoms with Crippen molar-refractivity contribution in [3.8, 4) is 0 Å². The van der Waals surface area contributed by atoms with Crippen LogP contribution in [0.15, 0.2) is 0 Å². The largest absolute Gasteiger partial charge is 0.480 e. The topological polar surface area (TPSA) is 66.4 Å². The van der Waals surface area contributed by atoms with E-state index in [9.17, 15) is 9.59 Å². The minimum atomic E-state index is -0.817. The van der Waals surface area contributed by atoms with E-state index in [1.54, 1.807) is 6.92 Å². The molecule has 1 unspecified atom stereocenters. The Bertz CT molecular complexity index is 264. The molecule has 0 radical (unpaired) electrons. The number of amides is 1. The number of nitrogens with one attached hydrogen (secondary N) is 1. The van der Waals surface area contributed by atoms with Crippen LogP contribution in [0.4, 0.5) is 0 Å². The Morgan fingerprint density at radius 2 is 2.00 bits per heavy atom. The SMILES string of the molecule is CC(SCCC(=O)NC1CCCCC1)C(=O)O. The summed E-state index contributed by atoms with van der Waals surface area (Å²) in [4.78, 5) is 22.2. The monoisotopic (exact) mass is 259 g/mol. The predicted octanol–water partition coefficient (Wildman–Crippen LogP) is 2.03. The average Bonchev–Trinajstić information content (AvgIpc) is 2.30. The molecule has 1 atom stereocenters. The summed E-state index contributed by atoms with van der Waals surface area (Å²) < 4.78 is 0. The van der Waals surface area contributed by atoms with Crippen molar-refractivity contribution in [2.24, 2.45) is 0 Å². The standard InChI is InChI=1S/C12H21NO3S/c1-9(12(15)16)17-8-7-11(14)13-10-5-3-2-4-6-10/h9-10H,2-8H2,1H3,(H,13,14)(H,15,16). The van der Waals surface area contributed by atoms with Gasteiger partial charge in [0.05, 0.1) is 5.25 Å². The van der Waals surface area contributed by atoms with Gasteiger partial charge in [-0.15, -0.1) is 11.8 Å². The van der Waals surface area contributed by atoms with Crippen LogP contribution >= 0.6 is 11.8 Å². The summed E-state index contributed by atoms with van der Waals surface area (Å²) in [6.07, 6.45) is 6.28. The molecular weight excluding hydrogens is 238 g/mol. The number of carboxylic acid groups (broad SMARTS) is 1. The lowest BCUT2D eigenvalue weighted by atomic mass is 9.95. The van der Waals surface area contributed by atoms with Crippen LogP contribution in [0, 0.1) is 0 Å². The Labute approximate surface area is 107 Å². The molecule has 4 nitrogen and oxygen atoms in total. The highest BCUT2D eigenvalue weighted by Crippen LogP contribution is 2.17. The van der Waals surface area contributed by atoms with Crippen LogP contribution in [-0.4, -0.2) is 34.0 Å². The molecule has 1 saturated carbocycles. The van der Waals surface area contributed by atoms with Gasteiger partial charge in [-0.3, -0.25) is 9.59 Å². The summed E-state index contributed by atoms with van der Waals surface area (Å²) in [6, 6.07) is 0.346. The molecule has 0 heterocycles. The van der Waals surface area contributed by atoms with Gasteiger partial charge in [0, 0.05) is 18.2 Å². The van der Waals surface area contributed by atoms with Crippen LogP contribution in [0.2, 0.25) is 0 Å². The molecular formula is C12H21NO3S. The van der Waals surface area contributed by atoms with Gasteiger partial charge in [0.2, 0.25) is 5.91 Å². The molecule has 1 amide bonds. The molecule has 1 aliphatic rings. The number of carbonyl (C=O) groups excluding carboxylic acids is 1. The average molecular weight is 259 g/mol. The summed E-state index contributed by atoms with van der Waals surface area (Å²) in [5.41, 5.74) is 0. The normalized spacial score (nSPS) is 18.6. The zero-order chi connectivity index (χ0) is 12.7. The van der Waals surface area contributed by atoms with Gasteiger partial charge in [-0.05, 0) is 19.8 Å². The highest BCUT2D eigenvalue weighted by Gasteiger charge is 2.16. The van der Waals surface area contributed by atoms with E-state index in [0.717, 1.165) is 12.8 Å². The molecule has 98 valence electrons. The van der Waals surface area contributed by atoms with Crippen molar-refractivity contribution in [2.45, 2.75) is 56.7 Å². The van der Waals surface area contributed by atoms with E-state index in [1.165, 1.54) is 31.0 Å². The maximum absolute atomic E-state index is 11.6. The highest BCUT2D eigenvalue weighted by molar-refractivity contribution is 8.00. The number of hydrogen-bond donors (Lipinski definition) is 2. The summed E-state index contributed by atoms with van der Waals surface area (Å²) in [5, 5.41) is 11.3. The van der Waals surface area contributed by atoms with Crippen LogP contribution in [-0.2, 0) is 9.59 Å².